The van der Waals surface area contributed by atoms with Crippen molar-refractivity contribution in [3.8, 4) is 0 Å². The molecule has 0 saturated carbocycles. The second-order valence-electron chi connectivity index (χ2n) is 18.6. The minimum atomic E-state index is -2.78. The first kappa shape index (κ1) is 48.9. The van der Waals surface area contributed by atoms with Crippen LogP contribution < -0.4 is 56.4 Å². The van der Waals surface area contributed by atoms with E-state index in [2.05, 4.69) is 319 Å². The monoisotopic (exact) mass is 1180 g/mol. The largest absolute Gasteiger partial charge is 0.657 e. The van der Waals surface area contributed by atoms with Crippen molar-refractivity contribution >= 4 is 96.7 Å². The van der Waals surface area contributed by atoms with E-state index in [1.165, 1.54) is 52.3 Å². The smallest absolute Gasteiger partial charge is 0.179 e. The molecule has 0 unspecified atom stereocenters. The minimum Gasteiger partial charge on any atom is -0.657 e. The Labute approximate surface area is 457 Å². The van der Waals surface area contributed by atoms with Gasteiger partial charge in [-0.25, -0.2) is 0 Å². The number of nitrogens with zero attached hydrogens (tertiary/aromatic N) is 4. The van der Waals surface area contributed by atoms with Crippen LogP contribution in [0.15, 0.2) is 314 Å². The molecule has 0 amide bonds. The summed E-state index contributed by atoms with van der Waals surface area (Å²) in [7, 11) is -5.55. The number of anilines is 2. The van der Waals surface area contributed by atoms with Gasteiger partial charge in [0.1, 0.15) is 5.84 Å². The van der Waals surface area contributed by atoms with E-state index in [1.54, 1.807) is 0 Å². The molecule has 365 valence electrons. The molecule has 1 aromatic heterocycles. The minimum absolute atomic E-state index is 0. The Bertz CT molecular complexity index is 3580. The summed E-state index contributed by atoms with van der Waals surface area (Å²) in [5.74, 6) is 0.868. The molecule has 0 N–H and O–H groups in total. The van der Waals surface area contributed by atoms with E-state index in [4.69, 9.17) is 5.10 Å². The first-order valence-electron chi connectivity index (χ1n) is 25.2. The van der Waals surface area contributed by atoms with Crippen LogP contribution in [0.25, 0.3) is 21.8 Å². The van der Waals surface area contributed by atoms with Gasteiger partial charge in [-0.05, 0) is 76.5 Å². The van der Waals surface area contributed by atoms with Crippen molar-refractivity contribution in [3.05, 3.63) is 322 Å². The molecule has 0 aliphatic carbocycles. The molecule has 2 heterocycles. The van der Waals surface area contributed by atoms with Crippen molar-refractivity contribution in [2.75, 3.05) is 9.91 Å². The molecule has 13 rings (SSSR count). The van der Waals surface area contributed by atoms with E-state index >= 15 is 0 Å². The molecule has 7 heteroatoms. The molecule has 0 atom stereocenters. The van der Waals surface area contributed by atoms with Crippen molar-refractivity contribution in [2.24, 2.45) is 5.10 Å². The van der Waals surface area contributed by atoms with Crippen LogP contribution in [0.5, 0.6) is 0 Å². The Morgan fingerprint density at radius 1 is 0.307 bits per heavy atom. The normalized spacial score (nSPS) is 12.4. The average molecular weight is 1180 g/mol. The summed E-state index contributed by atoms with van der Waals surface area (Å²) in [5, 5.41) is 20.6. The number of aromatic nitrogens is 1. The number of amidine groups is 1. The van der Waals surface area contributed by atoms with Crippen LogP contribution in [0.2, 0.25) is 0 Å². The van der Waals surface area contributed by atoms with Gasteiger partial charge in [0, 0.05) is 39.3 Å². The number of hydrogen-bond acceptors (Lipinski definition) is 3. The second kappa shape index (κ2) is 22.0. The van der Waals surface area contributed by atoms with Crippen molar-refractivity contribution < 1.29 is 22.4 Å². The molecule has 12 aromatic rings. The van der Waals surface area contributed by atoms with Gasteiger partial charge in [0.2, 0.25) is 0 Å². The van der Waals surface area contributed by atoms with Gasteiger partial charge in [-0.1, -0.05) is 285 Å². The third-order valence-electron chi connectivity index (χ3n) is 14.4. The van der Waals surface area contributed by atoms with Crippen LogP contribution in [0, 0.1) is 6.67 Å². The Morgan fingerprint density at radius 2 is 0.613 bits per heavy atom. The van der Waals surface area contributed by atoms with Gasteiger partial charge < -0.3 is 14.9 Å². The van der Waals surface area contributed by atoms with Crippen LogP contribution in [0.4, 0.5) is 11.4 Å². The molecule has 4 nitrogen and oxygen atoms in total. The second-order valence-corrected chi connectivity index (χ2v) is 26.2. The van der Waals surface area contributed by atoms with E-state index in [9.17, 15) is 0 Å². The predicted molar refractivity (Wildman–Crippen MR) is 317 cm³/mol. The summed E-state index contributed by atoms with van der Waals surface area (Å²) in [5.41, 5.74) is 5.28. The van der Waals surface area contributed by atoms with Crippen LogP contribution in [-0.2, 0) is 22.4 Å². The first-order valence-corrected chi connectivity index (χ1v) is 29.2. The fraction of sp³-hybridized carbons (Fsp3) is 0. The molecule has 75 heavy (non-hydrogen) atoms. The zero-order valence-electron chi connectivity index (χ0n) is 41.1. The number of hydrazone groups is 1. The molecule has 0 saturated heterocycles. The fourth-order valence-corrected chi connectivity index (χ4v) is 20.6. The number of para-hydroxylation sites is 2. The number of hydrogen-bond donors (Lipinski definition) is 0. The maximum atomic E-state index is 5.44. The summed E-state index contributed by atoms with van der Waals surface area (Å²) in [4.78, 5) is 6.78. The third kappa shape index (κ3) is 9.25. The van der Waals surface area contributed by atoms with Gasteiger partial charge in [0.15, 0.2) is 16.1 Å². The SMILES string of the molecule is [Au].c1ccc(C2=NN(c3cccc([Si](c4ccccc4)(c4ccccc4)c4ccccc4)c3)[CH-]N2c2cccc([Si](c3ccccc3)(c3ccccc3)c3ccccc3)c2)cc1.c1ccc2c(c1)[n-]c1ccccc12. The molecular weight excluding hydrogens is 1130 g/mol. The number of benzene rings is 11. The quantitative estimate of drug-likeness (QED) is 0.0735. The third-order valence-corrected chi connectivity index (χ3v) is 23.9. The average Bonchev–Trinajstić information content (AvgIpc) is 4.12. The zero-order chi connectivity index (χ0) is 49.6. The Balaban J connectivity index is 0.000000371. The maximum absolute atomic E-state index is 5.44. The van der Waals surface area contributed by atoms with Crippen LogP contribution >= 0.6 is 0 Å². The maximum Gasteiger partial charge on any atom is 0.179 e. The summed E-state index contributed by atoms with van der Waals surface area (Å²) >= 11 is 0. The van der Waals surface area contributed by atoms with Gasteiger partial charge in [0.05, 0.1) is 0 Å². The molecule has 1 aliphatic heterocycles. The first-order chi connectivity index (χ1) is 36.7. The van der Waals surface area contributed by atoms with Gasteiger partial charge in [-0.3, -0.25) is 0 Å². The molecule has 1 aliphatic rings. The van der Waals surface area contributed by atoms with Crippen molar-refractivity contribution in [3.63, 3.8) is 0 Å². The van der Waals surface area contributed by atoms with Crippen molar-refractivity contribution in [2.45, 2.75) is 0 Å². The molecular formula is C68H52AuN4Si2-2. The van der Waals surface area contributed by atoms with Gasteiger partial charge >= 0.3 is 0 Å². The summed E-state index contributed by atoms with van der Waals surface area (Å²) in [6.07, 6.45) is 0. The Kier molecular flexibility index (Phi) is 14.4. The van der Waals surface area contributed by atoms with Gasteiger partial charge in [-0.2, -0.15) is 5.10 Å². The molecule has 1 radical (unpaired) electrons. The molecule has 0 fully saturated rings. The van der Waals surface area contributed by atoms with Crippen LogP contribution in [0.1, 0.15) is 5.56 Å². The van der Waals surface area contributed by atoms with Gasteiger partial charge in [-0.15, -0.1) is 17.7 Å². The molecule has 0 spiro atoms. The Hall–Kier alpha value is -8.34. The summed E-state index contributed by atoms with van der Waals surface area (Å²) < 4.78 is 0. The van der Waals surface area contributed by atoms with E-state index in [-0.39, 0.29) is 22.4 Å². The van der Waals surface area contributed by atoms with E-state index in [1.807, 2.05) is 12.1 Å². The van der Waals surface area contributed by atoms with Crippen molar-refractivity contribution in [1.82, 2.24) is 4.98 Å². The van der Waals surface area contributed by atoms with Gasteiger partial charge in [0.25, 0.3) is 0 Å². The number of fused-ring (bicyclic) bond motifs is 3. The standard InChI is InChI=1S/C56H44N3Si2.C12H8N.Au/c1-8-24-45(25-9-1)56-57-59(47-27-23-41-55(43-47)61(51-34-16-5-17-35-51,52-36-18-6-19-37-52)53-38-20-7-21-39-53)44-58(56)46-26-22-40-54(42-46)60(48-28-10-2-11-29-48,49-30-12-3-13-31-49)50-32-14-4-15-33-50;1-3-7-11-9(5-1)10-6-2-4-8-12(10)13-11;/h1-44H;1-8H;/q2*-1;. The predicted octanol–water partition coefficient (Wildman–Crippen LogP) is 10.2. The summed E-state index contributed by atoms with van der Waals surface area (Å²) in [6, 6.07) is 112. The fourth-order valence-electron chi connectivity index (χ4n) is 11.1. The molecule has 0 bridgehead atoms. The Morgan fingerprint density at radius 3 is 1.00 bits per heavy atom. The zero-order valence-corrected chi connectivity index (χ0v) is 45.3. The van der Waals surface area contributed by atoms with E-state index < -0.39 is 16.1 Å². The topological polar surface area (TPSA) is 32.9 Å². The van der Waals surface area contributed by atoms with Crippen LogP contribution in [0.3, 0.4) is 0 Å². The molecule has 11 aromatic carbocycles. The number of rotatable bonds is 11. The summed E-state index contributed by atoms with van der Waals surface area (Å²) in [6.45, 7) is 2.16. The van der Waals surface area contributed by atoms with Crippen molar-refractivity contribution in [1.29, 1.82) is 0 Å². The van der Waals surface area contributed by atoms with E-state index in [0.29, 0.717) is 0 Å². The van der Waals surface area contributed by atoms with Crippen LogP contribution in [-0.4, -0.2) is 22.0 Å². The van der Waals surface area contributed by atoms with E-state index in [0.717, 1.165) is 33.8 Å².